The van der Waals surface area contributed by atoms with Crippen molar-refractivity contribution >= 4 is 76.9 Å². The summed E-state index contributed by atoms with van der Waals surface area (Å²) in [5.41, 5.74) is 3.47. The lowest BCUT2D eigenvalue weighted by molar-refractivity contribution is 0.418. The van der Waals surface area contributed by atoms with Gasteiger partial charge in [-0.1, -0.05) is 23.2 Å². The van der Waals surface area contributed by atoms with Crippen molar-refractivity contribution in [1.29, 1.82) is 0 Å². The smallest absolute Gasteiger partial charge is 0.144 e. The molecule has 0 unspecified atom stereocenters. The number of ether oxygens (including phenoxy) is 2. The van der Waals surface area contributed by atoms with Crippen LogP contribution in [0.15, 0.2) is 33.5 Å². The molecule has 0 radical (unpaired) electrons. The van der Waals surface area contributed by atoms with Gasteiger partial charge in [0.15, 0.2) is 0 Å². The summed E-state index contributed by atoms with van der Waals surface area (Å²) in [6.45, 7) is 0. The Hall–Kier alpha value is -1.34. The van der Waals surface area contributed by atoms with Crippen LogP contribution >= 0.6 is 55.1 Å². The van der Waals surface area contributed by atoms with Gasteiger partial charge in [-0.15, -0.1) is 0 Å². The van der Waals surface area contributed by atoms with E-state index in [-0.39, 0.29) is 0 Å². The predicted octanol–water partition coefficient (Wildman–Crippen LogP) is 7.17. The first-order valence-corrected chi connectivity index (χ1v) is 9.88. The molecular weight excluding hydrogens is 507 g/mol. The Bertz CT molecular complexity index is 1080. The summed E-state index contributed by atoms with van der Waals surface area (Å²) in [4.78, 5) is 6.52. The number of nitrogens with one attached hydrogen (secondary N) is 2. The Kier molecular flexibility index (Phi) is 4.63. The largest absolute Gasteiger partial charge is 0.495 e. The highest BCUT2D eigenvalue weighted by Gasteiger charge is 2.21. The lowest BCUT2D eigenvalue weighted by atomic mass is 10.0. The average molecular weight is 519 g/mol. The molecule has 0 aliphatic heterocycles. The van der Waals surface area contributed by atoms with Crippen molar-refractivity contribution in [2.24, 2.45) is 0 Å². The van der Waals surface area contributed by atoms with Crippen LogP contribution < -0.4 is 9.47 Å². The molecule has 8 heteroatoms. The second-order valence-corrected chi connectivity index (χ2v) is 8.12. The van der Waals surface area contributed by atoms with Gasteiger partial charge in [0.1, 0.15) is 11.5 Å². The van der Waals surface area contributed by atoms with E-state index in [1.807, 2.05) is 24.5 Å². The van der Waals surface area contributed by atoms with Gasteiger partial charge in [0.05, 0.1) is 35.3 Å². The molecule has 2 N–H and O–H groups in total. The van der Waals surface area contributed by atoms with Crippen molar-refractivity contribution in [3.63, 3.8) is 0 Å². The van der Waals surface area contributed by atoms with Gasteiger partial charge in [-0.25, -0.2) is 0 Å². The van der Waals surface area contributed by atoms with E-state index < -0.39 is 0 Å². The average Bonchev–Trinajstić information content (AvgIpc) is 3.25. The number of hydrogen-bond acceptors (Lipinski definition) is 2. The fraction of sp³-hybridized carbons (Fsp3) is 0.111. The molecule has 26 heavy (non-hydrogen) atoms. The third kappa shape index (κ3) is 2.54. The highest BCUT2D eigenvalue weighted by Crippen LogP contribution is 2.47. The molecule has 2 aromatic carbocycles. The van der Waals surface area contributed by atoms with Crippen LogP contribution in [-0.2, 0) is 0 Å². The van der Waals surface area contributed by atoms with Gasteiger partial charge < -0.3 is 19.4 Å². The number of methoxy groups -OCH3 is 2. The second-order valence-electron chi connectivity index (χ2n) is 5.65. The van der Waals surface area contributed by atoms with Crippen LogP contribution in [0.5, 0.6) is 11.5 Å². The summed E-state index contributed by atoms with van der Waals surface area (Å²) in [7, 11) is 3.25. The summed E-state index contributed by atoms with van der Waals surface area (Å²) in [6.07, 6.45) is 3.80. The normalized spacial score (nSPS) is 11.5. The minimum atomic E-state index is 0.601. The summed E-state index contributed by atoms with van der Waals surface area (Å²) in [5, 5.41) is 2.91. The molecule has 134 valence electrons. The maximum Gasteiger partial charge on any atom is 0.144 e. The van der Waals surface area contributed by atoms with Crippen LogP contribution in [0.1, 0.15) is 0 Å². The number of hydrogen-bond donors (Lipinski definition) is 2. The van der Waals surface area contributed by atoms with Crippen LogP contribution in [0.4, 0.5) is 0 Å². The van der Waals surface area contributed by atoms with Gasteiger partial charge in [-0.05, 0) is 44.0 Å². The number of fused-ring (bicyclic) bond motifs is 2. The van der Waals surface area contributed by atoms with E-state index in [0.29, 0.717) is 21.5 Å². The van der Waals surface area contributed by atoms with E-state index in [9.17, 15) is 0 Å². The lowest BCUT2D eigenvalue weighted by Gasteiger charge is -2.09. The van der Waals surface area contributed by atoms with E-state index in [4.69, 9.17) is 32.7 Å². The van der Waals surface area contributed by atoms with Crippen molar-refractivity contribution in [1.82, 2.24) is 9.97 Å². The second kappa shape index (κ2) is 6.68. The van der Waals surface area contributed by atoms with E-state index >= 15 is 0 Å². The zero-order valence-corrected chi connectivity index (χ0v) is 18.3. The topological polar surface area (TPSA) is 50.0 Å². The van der Waals surface area contributed by atoms with E-state index in [2.05, 4.69) is 41.8 Å². The van der Waals surface area contributed by atoms with Crippen molar-refractivity contribution in [3.05, 3.63) is 43.5 Å². The fourth-order valence-electron chi connectivity index (χ4n) is 3.18. The summed E-state index contributed by atoms with van der Waals surface area (Å²) in [6, 6.07) is 3.68. The molecule has 0 fully saturated rings. The van der Waals surface area contributed by atoms with Gasteiger partial charge in [0.2, 0.25) is 0 Å². The molecule has 0 amide bonds. The molecule has 0 atom stereocenters. The van der Waals surface area contributed by atoms with Gasteiger partial charge in [0, 0.05) is 43.2 Å². The van der Waals surface area contributed by atoms with Gasteiger partial charge >= 0.3 is 0 Å². The Labute approximate surface area is 176 Å². The highest BCUT2D eigenvalue weighted by molar-refractivity contribution is 9.10. The predicted molar refractivity (Wildman–Crippen MR) is 114 cm³/mol. The first kappa shape index (κ1) is 18.0. The quantitative estimate of drug-likeness (QED) is 0.302. The number of rotatable bonds is 3. The molecule has 0 aliphatic rings. The molecule has 4 nitrogen and oxygen atoms in total. The third-order valence-corrected chi connectivity index (χ3v) is 6.85. The monoisotopic (exact) mass is 516 g/mol. The van der Waals surface area contributed by atoms with E-state index in [1.165, 1.54) is 0 Å². The van der Waals surface area contributed by atoms with Crippen LogP contribution in [-0.4, -0.2) is 24.2 Å². The third-order valence-electron chi connectivity index (χ3n) is 4.36. The molecule has 2 aromatic heterocycles. The number of H-pyrrole nitrogens is 2. The lowest BCUT2D eigenvalue weighted by Crippen LogP contribution is -1.87. The summed E-state index contributed by atoms with van der Waals surface area (Å²) in [5.74, 6) is 1.40. The molecule has 0 saturated carbocycles. The minimum absolute atomic E-state index is 0.601. The molecule has 0 spiro atoms. The zero-order chi connectivity index (χ0) is 18.6. The molecular formula is C18H12Br2Cl2N2O2. The Morgan fingerprint density at radius 3 is 1.50 bits per heavy atom. The van der Waals surface area contributed by atoms with Crippen molar-refractivity contribution in [2.75, 3.05) is 14.2 Å². The van der Waals surface area contributed by atoms with Crippen LogP contribution in [0.3, 0.4) is 0 Å². The molecule has 0 bridgehead atoms. The number of benzene rings is 2. The minimum Gasteiger partial charge on any atom is -0.495 e. The van der Waals surface area contributed by atoms with Gasteiger partial charge in [-0.3, -0.25) is 0 Å². The molecule has 2 heterocycles. The van der Waals surface area contributed by atoms with Gasteiger partial charge in [-0.2, -0.15) is 0 Å². The number of aromatic nitrogens is 2. The van der Waals surface area contributed by atoms with Crippen molar-refractivity contribution in [2.45, 2.75) is 0 Å². The Morgan fingerprint density at radius 2 is 1.15 bits per heavy atom. The standard InChI is InChI=1S/C18H12Br2Cl2N2O2/c1-25-11-3-9(19)15(21)13-7(5-23-17(11)13)8-6-24-18-12(26-2)4-10(20)16(22)14(8)18/h3-6,23-24H,1-2H3. The van der Waals surface area contributed by atoms with Gasteiger partial charge in [0.25, 0.3) is 0 Å². The van der Waals surface area contributed by atoms with Crippen LogP contribution in [0.2, 0.25) is 10.0 Å². The number of aromatic amines is 2. The first-order valence-electron chi connectivity index (χ1n) is 7.54. The Balaban J connectivity index is 2.12. The molecule has 4 rings (SSSR count). The highest BCUT2D eigenvalue weighted by atomic mass is 79.9. The number of halogens is 4. The molecule has 4 aromatic rings. The van der Waals surface area contributed by atoms with Crippen LogP contribution in [0.25, 0.3) is 32.9 Å². The summed E-state index contributed by atoms with van der Waals surface area (Å²) < 4.78 is 12.5. The summed E-state index contributed by atoms with van der Waals surface area (Å²) >= 11 is 20.2. The Morgan fingerprint density at radius 1 is 0.769 bits per heavy atom. The van der Waals surface area contributed by atoms with Crippen molar-refractivity contribution in [3.8, 4) is 22.6 Å². The van der Waals surface area contributed by atoms with E-state index in [1.54, 1.807) is 14.2 Å². The zero-order valence-electron chi connectivity index (χ0n) is 13.6. The first-order chi connectivity index (χ1) is 12.5. The maximum atomic E-state index is 6.60. The van der Waals surface area contributed by atoms with Crippen molar-refractivity contribution < 1.29 is 9.47 Å². The van der Waals surface area contributed by atoms with E-state index in [0.717, 1.165) is 41.9 Å². The maximum absolute atomic E-state index is 6.60. The SMILES string of the molecule is COc1cc(Br)c(Cl)c2c(-c3c[nH]c4c(OC)cc(Br)c(Cl)c34)c[nH]c12. The fourth-order valence-corrected chi connectivity index (χ4v) is 4.49. The molecule has 0 aliphatic carbocycles. The molecule has 0 saturated heterocycles. The van der Waals surface area contributed by atoms with Crippen LogP contribution in [0, 0.1) is 0 Å².